The van der Waals surface area contributed by atoms with E-state index in [1.54, 1.807) is 28.8 Å². The van der Waals surface area contributed by atoms with Crippen LogP contribution in [0, 0.1) is 10.1 Å². The van der Waals surface area contributed by atoms with Crippen molar-refractivity contribution in [3.63, 3.8) is 0 Å². The van der Waals surface area contributed by atoms with E-state index in [0.29, 0.717) is 28.3 Å². The quantitative estimate of drug-likeness (QED) is 0.228. The summed E-state index contributed by atoms with van der Waals surface area (Å²) in [5.41, 5.74) is 0.542. The topological polar surface area (TPSA) is 130 Å². The summed E-state index contributed by atoms with van der Waals surface area (Å²) in [5, 5.41) is 30.5. The van der Waals surface area contributed by atoms with Gasteiger partial charge in [0.2, 0.25) is 6.79 Å². The minimum atomic E-state index is -1.26. The van der Waals surface area contributed by atoms with Gasteiger partial charge in [0.05, 0.1) is 16.6 Å². The number of nitro benzene ring substituents is 1. The van der Waals surface area contributed by atoms with E-state index in [-0.39, 0.29) is 28.7 Å². The molecule has 10 nitrogen and oxygen atoms in total. The highest BCUT2D eigenvalue weighted by atomic mass is 35.5. The molecule has 32 heavy (non-hydrogen) atoms. The summed E-state index contributed by atoms with van der Waals surface area (Å²) in [6, 6.07) is 9.62. The Morgan fingerprint density at radius 3 is 2.59 bits per heavy atom. The molecule has 0 spiro atoms. The van der Waals surface area contributed by atoms with Crippen LogP contribution < -0.4 is 9.47 Å². The van der Waals surface area contributed by atoms with Gasteiger partial charge >= 0.3 is 5.97 Å². The molecule has 0 saturated heterocycles. The third-order valence-corrected chi connectivity index (χ3v) is 5.80. The van der Waals surface area contributed by atoms with Gasteiger partial charge in [0, 0.05) is 17.1 Å². The number of rotatable bonds is 7. The van der Waals surface area contributed by atoms with Crippen LogP contribution in [0.1, 0.15) is 12.5 Å². The number of nitro groups is 1. The van der Waals surface area contributed by atoms with E-state index >= 15 is 0 Å². The van der Waals surface area contributed by atoms with Crippen molar-refractivity contribution in [2.45, 2.75) is 18.6 Å². The second kappa shape index (κ2) is 8.89. The Morgan fingerprint density at radius 2 is 1.97 bits per heavy atom. The summed E-state index contributed by atoms with van der Waals surface area (Å²) in [7, 11) is 0. The molecule has 1 aliphatic rings. The third kappa shape index (κ3) is 4.25. The number of thioether (sulfide) groups is 1. The predicted molar refractivity (Wildman–Crippen MR) is 117 cm³/mol. The lowest BCUT2D eigenvalue weighted by atomic mass is 10.1. The molecule has 4 rings (SSSR count). The molecule has 3 aromatic rings. The van der Waals surface area contributed by atoms with E-state index in [2.05, 4.69) is 10.2 Å². The first-order valence-corrected chi connectivity index (χ1v) is 10.5. The molecule has 2 heterocycles. The number of carboxylic acids is 1. The molecule has 1 aliphatic heterocycles. The lowest BCUT2D eigenvalue weighted by Crippen LogP contribution is -2.03. The summed E-state index contributed by atoms with van der Waals surface area (Å²) in [6.45, 7) is 2.29. The molecule has 0 bridgehead atoms. The van der Waals surface area contributed by atoms with Gasteiger partial charge in [0.25, 0.3) is 5.69 Å². The maximum absolute atomic E-state index is 11.9. The minimum Gasteiger partial charge on any atom is -0.477 e. The lowest BCUT2D eigenvalue weighted by molar-refractivity contribution is -0.385. The van der Waals surface area contributed by atoms with Crippen LogP contribution in [0.4, 0.5) is 5.69 Å². The van der Waals surface area contributed by atoms with Gasteiger partial charge in [0.1, 0.15) is 4.91 Å². The van der Waals surface area contributed by atoms with Gasteiger partial charge < -0.3 is 19.1 Å². The molecule has 1 aromatic heterocycles. The third-order valence-electron chi connectivity index (χ3n) is 4.55. The Kier molecular flexibility index (Phi) is 6.01. The van der Waals surface area contributed by atoms with Crippen molar-refractivity contribution in [2.75, 3.05) is 6.79 Å². The second-order valence-electron chi connectivity index (χ2n) is 6.49. The molecule has 0 fully saturated rings. The Bertz CT molecular complexity index is 1240. The van der Waals surface area contributed by atoms with Crippen LogP contribution in [-0.4, -0.2) is 37.6 Å². The van der Waals surface area contributed by atoms with Crippen molar-refractivity contribution in [2.24, 2.45) is 0 Å². The summed E-state index contributed by atoms with van der Waals surface area (Å²) < 4.78 is 12.2. The number of carbonyl (C=O) groups is 1. The average Bonchev–Trinajstić information content (AvgIpc) is 3.39. The van der Waals surface area contributed by atoms with E-state index in [4.69, 9.17) is 21.1 Å². The molecular formula is C20H15ClN4O6S. The molecule has 0 unspecified atom stereocenters. The molecular weight excluding hydrogens is 460 g/mol. The molecule has 164 valence electrons. The molecule has 0 atom stereocenters. The molecule has 2 aromatic carbocycles. The lowest BCUT2D eigenvalue weighted by Gasteiger charge is -2.08. The summed E-state index contributed by atoms with van der Waals surface area (Å²) in [5.74, 6) is -0.179. The van der Waals surface area contributed by atoms with Crippen LogP contribution in [0.3, 0.4) is 0 Å². The average molecular weight is 475 g/mol. The Labute approximate surface area is 190 Å². The number of hydrogen-bond donors (Lipinski definition) is 1. The molecule has 1 N–H and O–H groups in total. The number of aliphatic carboxylic acids is 1. The number of ether oxygens (including phenoxy) is 2. The fraction of sp³-hybridized carbons (Fsp3) is 0.150. The van der Waals surface area contributed by atoms with E-state index in [1.807, 2.05) is 6.92 Å². The van der Waals surface area contributed by atoms with E-state index in [0.717, 1.165) is 17.3 Å². The first kappa shape index (κ1) is 21.7. The van der Waals surface area contributed by atoms with Crippen molar-refractivity contribution in [3.05, 3.63) is 62.0 Å². The Hall–Kier alpha value is -3.57. The smallest absolute Gasteiger partial charge is 0.342 e. The number of nitrogens with zero attached hydrogens (tertiary/aromatic N) is 4. The van der Waals surface area contributed by atoms with Crippen LogP contribution in [-0.2, 0) is 11.3 Å². The number of carboxylic acid groups (broad SMARTS) is 1. The zero-order valence-electron chi connectivity index (χ0n) is 16.5. The predicted octanol–water partition coefficient (Wildman–Crippen LogP) is 4.47. The minimum absolute atomic E-state index is 0.0622. The molecule has 0 aliphatic carbocycles. The van der Waals surface area contributed by atoms with Gasteiger partial charge in [-0.15, -0.1) is 10.2 Å². The van der Waals surface area contributed by atoms with Crippen molar-refractivity contribution in [1.29, 1.82) is 0 Å². The number of aromatic nitrogens is 3. The number of hydrogen-bond acceptors (Lipinski definition) is 8. The van der Waals surface area contributed by atoms with Crippen LogP contribution in [0.2, 0.25) is 5.02 Å². The molecule has 0 amide bonds. The molecule has 0 radical (unpaired) electrons. The number of fused-ring (bicyclic) bond motifs is 1. The SMILES string of the molecule is CCn1c(S/C(=C\c2cc3c(cc2[N+](=O)[O-])OCO3)C(=O)O)nnc1-c1ccc(Cl)cc1. The second-order valence-corrected chi connectivity index (χ2v) is 7.94. The summed E-state index contributed by atoms with van der Waals surface area (Å²) >= 11 is 6.79. The van der Waals surface area contributed by atoms with Gasteiger partial charge in [-0.3, -0.25) is 10.1 Å². The van der Waals surface area contributed by atoms with E-state index < -0.39 is 10.9 Å². The van der Waals surface area contributed by atoms with Gasteiger partial charge in [-0.05, 0) is 55.1 Å². The van der Waals surface area contributed by atoms with Crippen LogP contribution in [0.25, 0.3) is 17.5 Å². The maximum atomic E-state index is 11.9. The first-order valence-electron chi connectivity index (χ1n) is 9.27. The number of benzene rings is 2. The highest BCUT2D eigenvalue weighted by Gasteiger charge is 2.25. The largest absolute Gasteiger partial charge is 0.477 e. The van der Waals surface area contributed by atoms with Crippen molar-refractivity contribution in [3.8, 4) is 22.9 Å². The maximum Gasteiger partial charge on any atom is 0.342 e. The first-order chi connectivity index (χ1) is 15.4. The van der Waals surface area contributed by atoms with Crippen molar-refractivity contribution >= 4 is 41.1 Å². The highest BCUT2D eigenvalue weighted by Crippen LogP contribution is 2.40. The highest BCUT2D eigenvalue weighted by molar-refractivity contribution is 8.04. The monoisotopic (exact) mass is 474 g/mol. The van der Waals surface area contributed by atoms with Gasteiger partial charge in [-0.25, -0.2) is 4.79 Å². The summed E-state index contributed by atoms with van der Waals surface area (Å²) in [4.78, 5) is 22.7. The zero-order chi connectivity index (χ0) is 22.8. The Balaban J connectivity index is 1.73. The number of halogens is 1. The van der Waals surface area contributed by atoms with Crippen LogP contribution in [0.15, 0.2) is 46.5 Å². The molecule has 0 saturated carbocycles. The fourth-order valence-electron chi connectivity index (χ4n) is 3.06. The van der Waals surface area contributed by atoms with Crippen molar-refractivity contribution in [1.82, 2.24) is 14.8 Å². The molecule has 12 heteroatoms. The van der Waals surface area contributed by atoms with E-state index in [1.165, 1.54) is 18.2 Å². The zero-order valence-corrected chi connectivity index (χ0v) is 18.1. The standard InChI is InChI=1S/C20H15ClN4O6S/c1-2-24-18(11-3-5-13(21)6-4-11)22-23-20(24)32-17(19(26)27)8-12-7-15-16(31-10-30-15)9-14(12)25(28)29/h3-9H,2,10H2,1H3,(H,26,27)/b17-8-. The fourth-order valence-corrected chi connectivity index (χ4v) is 4.06. The van der Waals surface area contributed by atoms with Gasteiger partial charge in [-0.1, -0.05) is 11.6 Å². The Morgan fingerprint density at radius 1 is 1.28 bits per heavy atom. The van der Waals surface area contributed by atoms with Crippen LogP contribution in [0.5, 0.6) is 11.5 Å². The van der Waals surface area contributed by atoms with Crippen LogP contribution >= 0.6 is 23.4 Å². The van der Waals surface area contributed by atoms with Gasteiger partial charge in [0.15, 0.2) is 22.5 Å². The summed E-state index contributed by atoms with van der Waals surface area (Å²) in [6.07, 6.45) is 1.21. The normalized spacial score (nSPS) is 12.8. The van der Waals surface area contributed by atoms with Crippen molar-refractivity contribution < 1.29 is 24.3 Å². The van der Waals surface area contributed by atoms with E-state index in [9.17, 15) is 20.0 Å². The van der Waals surface area contributed by atoms with Gasteiger partial charge in [-0.2, -0.15) is 0 Å².